The monoisotopic (exact) mass is 628 g/mol. The highest BCUT2D eigenvalue weighted by molar-refractivity contribution is 6.30. The van der Waals surface area contributed by atoms with Crippen molar-refractivity contribution < 1.29 is 24.0 Å². The summed E-state index contributed by atoms with van der Waals surface area (Å²) in [6, 6.07) is 11.7. The summed E-state index contributed by atoms with van der Waals surface area (Å²) in [5.41, 5.74) is 5.30. The van der Waals surface area contributed by atoms with Crippen LogP contribution in [0.2, 0.25) is 5.02 Å². The number of rotatable bonds is 5. The molecule has 0 aromatic heterocycles. The van der Waals surface area contributed by atoms with E-state index in [1.54, 1.807) is 6.07 Å². The second kappa shape index (κ2) is 11.8. The van der Waals surface area contributed by atoms with E-state index in [0.29, 0.717) is 24.1 Å². The lowest BCUT2D eigenvalue weighted by atomic mass is 9.69. The Kier molecular flexibility index (Phi) is 7.86. The zero-order valence-corrected chi connectivity index (χ0v) is 26.0. The van der Waals surface area contributed by atoms with Crippen LogP contribution in [0.1, 0.15) is 94.4 Å². The van der Waals surface area contributed by atoms with Gasteiger partial charge >= 0.3 is 0 Å². The van der Waals surface area contributed by atoms with Crippen molar-refractivity contribution in [3.8, 4) is 0 Å². The second-order valence-electron chi connectivity index (χ2n) is 13.2. The Hall–Kier alpha value is -3.82. The first kappa shape index (κ1) is 29.9. The third-order valence-corrected chi connectivity index (χ3v) is 10.8. The summed E-state index contributed by atoms with van der Waals surface area (Å²) in [6.45, 7) is 3.54. The fourth-order valence-electron chi connectivity index (χ4n) is 8.08. The number of nitrogens with zero attached hydrogens (tertiary/aromatic N) is 3. The molecule has 0 radical (unpaired) electrons. The van der Waals surface area contributed by atoms with Gasteiger partial charge in [0.1, 0.15) is 6.04 Å². The Labute approximate surface area is 267 Å². The molecule has 2 aromatic carbocycles. The highest BCUT2D eigenvalue weighted by Crippen LogP contribution is 2.52. The summed E-state index contributed by atoms with van der Waals surface area (Å²) in [5.74, 6) is -2.44. The number of imide groups is 2. The van der Waals surface area contributed by atoms with Crippen molar-refractivity contribution in [1.82, 2.24) is 20.0 Å². The van der Waals surface area contributed by atoms with Crippen molar-refractivity contribution in [2.45, 2.75) is 63.8 Å². The van der Waals surface area contributed by atoms with E-state index in [-0.39, 0.29) is 29.9 Å². The van der Waals surface area contributed by atoms with Crippen LogP contribution in [-0.4, -0.2) is 83.0 Å². The average Bonchev–Trinajstić information content (AvgIpc) is 3.59. The van der Waals surface area contributed by atoms with Gasteiger partial charge in [-0.25, -0.2) is 0 Å². The van der Waals surface area contributed by atoms with Crippen LogP contribution in [-0.2, 0) is 9.59 Å². The summed E-state index contributed by atoms with van der Waals surface area (Å²) < 4.78 is 0. The fraction of sp³-hybridized carbons (Fsp3) is 0.457. The molecule has 1 spiro atoms. The van der Waals surface area contributed by atoms with Gasteiger partial charge < -0.3 is 4.90 Å². The summed E-state index contributed by atoms with van der Waals surface area (Å²) in [5, 5.41) is 2.95. The SMILES string of the molecule is O=C1CCC(N2C(=O)c3ccc(C(=O)N4CCN(CC5=C(c6ccc(Cl)cc6)CCC6(CCCC6)C5)CC4)cc3C2=O)C(=O)N1. The summed E-state index contributed by atoms with van der Waals surface area (Å²) in [6.07, 6.45) is 8.89. The lowest BCUT2D eigenvalue weighted by Crippen LogP contribution is -2.54. The molecule has 0 bridgehead atoms. The van der Waals surface area contributed by atoms with Crippen molar-refractivity contribution in [3.63, 3.8) is 0 Å². The Balaban J connectivity index is 1.03. The molecule has 3 aliphatic heterocycles. The molecular formula is C35H37ClN4O5. The summed E-state index contributed by atoms with van der Waals surface area (Å²) in [4.78, 5) is 69.0. The molecule has 5 aliphatic rings. The van der Waals surface area contributed by atoms with Crippen LogP contribution in [0.25, 0.3) is 5.57 Å². The molecule has 45 heavy (non-hydrogen) atoms. The molecule has 3 heterocycles. The number of fused-ring (bicyclic) bond motifs is 1. The molecule has 234 valence electrons. The van der Waals surface area contributed by atoms with Crippen molar-refractivity contribution in [2.75, 3.05) is 32.7 Å². The number of benzene rings is 2. The number of hydrogen-bond donors (Lipinski definition) is 1. The van der Waals surface area contributed by atoms with Gasteiger partial charge in [0.15, 0.2) is 0 Å². The molecule has 3 fully saturated rings. The maximum absolute atomic E-state index is 13.6. The van der Waals surface area contributed by atoms with Crippen LogP contribution in [0.3, 0.4) is 0 Å². The number of piperidine rings is 1. The largest absolute Gasteiger partial charge is 0.336 e. The minimum absolute atomic E-state index is 0.0557. The zero-order chi connectivity index (χ0) is 31.3. The lowest BCUT2D eigenvalue weighted by molar-refractivity contribution is -0.136. The van der Waals surface area contributed by atoms with Gasteiger partial charge in [0.25, 0.3) is 17.7 Å². The number of carbonyl (C=O) groups excluding carboxylic acids is 5. The molecule has 2 aliphatic carbocycles. The molecule has 9 nitrogen and oxygen atoms in total. The maximum atomic E-state index is 13.6. The number of nitrogens with one attached hydrogen (secondary N) is 1. The summed E-state index contributed by atoms with van der Waals surface area (Å²) >= 11 is 6.20. The predicted molar refractivity (Wildman–Crippen MR) is 169 cm³/mol. The molecule has 1 unspecified atom stereocenters. The van der Waals surface area contributed by atoms with Crippen molar-refractivity contribution in [1.29, 1.82) is 0 Å². The molecule has 2 saturated heterocycles. The van der Waals surface area contributed by atoms with Crippen LogP contribution < -0.4 is 5.32 Å². The van der Waals surface area contributed by atoms with Crippen LogP contribution in [0.5, 0.6) is 0 Å². The van der Waals surface area contributed by atoms with Gasteiger partial charge in [-0.2, -0.15) is 0 Å². The van der Waals surface area contributed by atoms with Gasteiger partial charge in [0.05, 0.1) is 11.1 Å². The van der Waals surface area contributed by atoms with E-state index in [2.05, 4.69) is 22.3 Å². The topological polar surface area (TPSA) is 107 Å². The van der Waals surface area contributed by atoms with E-state index in [1.165, 1.54) is 60.9 Å². The Morgan fingerprint density at radius 2 is 1.58 bits per heavy atom. The number of allylic oxidation sites excluding steroid dienone is 1. The van der Waals surface area contributed by atoms with Crippen molar-refractivity contribution in [2.24, 2.45) is 5.41 Å². The van der Waals surface area contributed by atoms with E-state index in [4.69, 9.17) is 11.6 Å². The van der Waals surface area contributed by atoms with E-state index in [1.807, 2.05) is 17.0 Å². The Bertz CT molecular complexity index is 1620. The first-order valence-electron chi connectivity index (χ1n) is 16.1. The van der Waals surface area contributed by atoms with Crippen LogP contribution in [0.15, 0.2) is 48.0 Å². The Morgan fingerprint density at radius 1 is 0.867 bits per heavy atom. The van der Waals surface area contributed by atoms with Crippen LogP contribution in [0, 0.1) is 5.41 Å². The third kappa shape index (κ3) is 5.61. The van der Waals surface area contributed by atoms with Crippen molar-refractivity contribution >= 4 is 46.7 Å². The average molecular weight is 629 g/mol. The van der Waals surface area contributed by atoms with Crippen molar-refractivity contribution in [3.05, 3.63) is 75.3 Å². The molecule has 5 amide bonds. The molecular weight excluding hydrogens is 592 g/mol. The smallest absolute Gasteiger partial charge is 0.262 e. The zero-order valence-electron chi connectivity index (χ0n) is 25.3. The Morgan fingerprint density at radius 3 is 2.29 bits per heavy atom. The van der Waals surface area contributed by atoms with Crippen LogP contribution in [0.4, 0.5) is 0 Å². The molecule has 1 N–H and O–H groups in total. The predicted octanol–water partition coefficient (Wildman–Crippen LogP) is 4.70. The van der Waals surface area contributed by atoms with Gasteiger partial charge in [-0.3, -0.25) is 39.1 Å². The summed E-state index contributed by atoms with van der Waals surface area (Å²) in [7, 11) is 0. The van der Waals surface area contributed by atoms with E-state index in [0.717, 1.165) is 42.4 Å². The number of amides is 5. The van der Waals surface area contributed by atoms with E-state index < -0.39 is 29.7 Å². The minimum atomic E-state index is -1.04. The first-order chi connectivity index (χ1) is 21.7. The molecule has 7 rings (SSSR count). The number of carbonyl (C=O) groups is 5. The van der Waals surface area contributed by atoms with Gasteiger partial charge in [-0.05, 0) is 85.4 Å². The maximum Gasteiger partial charge on any atom is 0.262 e. The van der Waals surface area contributed by atoms with Gasteiger partial charge in [0.2, 0.25) is 11.8 Å². The number of piperazine rings is 1. The standard InChI is InChI=1S/C35H37ClN4O5/c36-25-6-3-22(4-7-25)26-11-14-35(12-1-2-13-35)20-24(26)21-38-15-17-39(18-16-38)32(43)23-5-8-27-28(19-23)34(45)40(33(27)44)29-9-10-30(41)37-31(29)42/h3-8,19,29H,1-2,9-18,20-21H2,(H,37,41,42). The number of halogens is 1. The van der Waals surface area contributed by atoms with Gasteiger partial charge in [0, 0.05) is 49.7 Å². The molecule has 10 heteroatoms. The fourth-order valence-corrected chi connectivity index (χ4v) is 8.21. The first-order valence-corrected chi connectivity index (χ1v) is 16.4. The quantitative estimate of drug-likeness (QED) is 0.481. The normalized spacial score (nSPS) is 23.6. The minimum Gasteiger partial charge on any atom is -0.336 e. The lowest BCUT2D eigenvalue weighted by Gasteiger charge is -2.40. The highest BCUT2D eigenvalue weighted by Gasteiger charge is 2.45. The van der Waals surface area contributed by atoms with E-state index >= 15 is 0 Å². The van der Waals surface area contributed by atoms with Crippen LogP contribution >= 0.6 is 11.6 Å². The third-order valence-electron chi connectivity index (χ3n) is 10.5. The highest BCUT2D eigenvalue weighted by atomic mass is 35.5. The number of hydrogen-bond acceptors (Lipinski definition) is 6. The molecule has 2 aromatic rings. The second-order valence-corrected chi connectivity index (χ2v) is 13.7. The molecule has 1 saturated carbocycles. The van der Waals surface area contributed by atoms with E-state index in [9.17, 15) is 24.0 Å². The van der Waals surface area contributed by atoms with Gasteiger partial charge in [-0.15, -0.1) is 0 Å². The van der Waals surface area contributed by atoms with Gasteiger partial charge in [-0.1, -0.05) is 42.1 Å². The molecule has 1 atom stereocenters.